The number of unbranched alkanes of at least 4 members (excludes halogenated alkanes) is 2. The molecule has 46 heavy (non-hydrogen) atoms. The van der Waals surface area contributed by atoms with Crippen LogP contribution in [0.3, 0.4) is 0 Å². The summed E-state index contributed by atoms with van der Waals surface area (Å²) in [5.41, 5.74) is 9.44. The van der Waals surface area contributed by atoms with Gasteiger partial charge in [-0.2, -0.15) is 21.4 Å². The Morgan fingerprint density at radius 1 is 0.913 bits per heavy atom. The lowest BCUT2D eigenvalue weighted by atomic mass is 9.81. The van der Waals surface area contributed by atoms with Crippen LogP contribution in [0.4, 0.5) is 11.4 Å². The smallest absolute Gasteiger partial charge is 0.294 e. The van der Waals surface area contributed by atoms with Crippen molar-refractivity contribution in [3.8, 4) is 0 Å². The summed E-state index contributed by atoms with van der Waals surface area (Å²) in [5.74, 6) is 0.0123. The van der Waals surface area contributed by atoms with Crippen LogP contribution in [0, 0.1) is 0 Å². The Bertz CT molecular complexity index is 1830. The molecule has 250 valence electrons. The molecule has 0 fully saturated rings. The summed E-state index contributed by atoms with van der Waals surface area (Å²) in [5, 5.41) is 2.88. The van der Waals surface area contributed by atoms with E-state index in [1.54, 1.807) is 12.1 Å². The highest BCUT2D eigenvalue weighted by Crippen LogP contribution is 2.48. The molecule has 2 aliphatic rings. The van der Waals surface area contributed by atoms with Crippen molar-refractivity contribution in [2.24, 2.45) is 5.73 Å². The van der Waals surface area contributed by atoms with Gasteiger partial charge in [0.1, 0.15) is 7.05 Å². The van der Waals surface area contributed by atoms with Crippen LogP contribution >= 0.6 is 0 Å². The van der Waals surface area contributed by atoms with E-state index in [1.165, 1.54) is 24.3 Å². The number of hydrogen-bond donors (Lipinski definition) is 4. The van der Waals surface area contributed by atoms with Gasteiger partial charge in [0.05, 0.1) is 15.2 Å². The Labute approximate surface area is 272 Å². The minimum Gasteiger partial charge on any atom is -0.356 e. The van der Waals surface area contributed by atoms with Crippen LogP contribution in [0.1, 0.15) is 70.9 Å². The lowest BCUT2D eigenvalue weighted by molar-refractivity contribution is -0.401. The van der Waals surface area contributed by atoms with Gasteiger partial charge in [0.2, 0.25) is 11.6 Å². The maximum Gasteiger partial charge on any atom is 0.294 e. The fraction of sp³-hybridized carbons (Fsp3) is 0.455. The topological polar surface area (TPSA) is 170 Å². The zero-order valence-electron chi connectivity index (χ0n) is 27.1. The molecule has 0 aromatic heterocycles. The number of benzene rings is 2. The predicted octanol–water partition coefficient (Wildman–Crippen LogP) is 4.45. The van der Waals surface area contributed by atoms with Crippen LogP contribution in [0.25, 0.3) is 0 Å². The summed E-state index contributed by atoms with van der Waals surface area (Å²) in [7, 11) is -6.84. The number of fused-ring (bicyclic) bond motifs is 2. The van der Waals surface area contributed by atoms with E-state index in [4.69, 9.17) is 5.73 Å². The number of allylic oxidation sites excluding steroid dienone is 4. The van der Waals surface area contributed by atoms with Gasteiger partial charge in [-0.1, -0.05) is 26.3 Å². The predicted molar refractivity (Wildman–Crippen MR) is 179 cm³/mol. The minimum absolute atomic E-state index is 0.0123. The number of nitrogens with two attached hydrogens (primary N) is 1. The average molecular weight is 674 g/mol. The van der Waals surface area contributed by atoms with Gasteiger partial charge in [-0.15, -0.1) is 0 Å². The fourth-order valence-corrected chi connectivity index (χ4v) is 7.43. The highest BCUT2D eigenvalue weighted by Gasteiger charge is 2.44. The first-order chi connectivity index (χ1) is 21.4. The van der Waals surface area contributed by atoms with Crippen molar-refractivity contribution < 1.29 is 35.3 Å². The minimum atomic E-state index is -4.40. The molecule has 4 rings (SSSR count). The Balaban J connectivity index is 1.61. The Morgan fingerprint density at radius 3 is 2.17 bits per heavy atom. The molecular formula is C33H45N4O7S2+. The van der Waals surface area contributed by atoms with E-state index in [2.05, 4.69) is 10.2 Å². The van der Waals surface area contributed by atoms with E-state index in [1.807, 2.05) is 57.5 Å². The Hall–Kier alpha value is -3.36. The SMILES string of the molecule is C[N+]1=C(C=CC=C2N(CCCCCC(=O)NCCCN)c3ccc(S(=O)(=O)O)cc3C2(C)C)C(C)(C)c2cc(S(=O)(=O)O)ccc21. The normalized spacial score (nSPS) is 18.0. The number of hydrogen-bond acceptors (Lipinski definition) is 7. The van der Waals surface area contributed by atoms with Crippen LogP contribution in [-0.4, -0.2) is 68.8 Å². The van der Waals surface area contributed by atoms with Crippen LogP contribution in [-0.2, 0) is 35.9 Å². The molecule has 0 spiro atoms. The van der Waals surface area contributed by atoms with Gasteiger partial charge in [0, 0.05) is 54.0 Å². The summed E-state index contributed by atoms with van der Waals surface area (Å²) in [6, 6.07) is 9.25. The molecular weight excluding hydrogens is 629 g/mol. The molecule has 2 heterocycles. The highest BCUT2D eigenvalue weighted by atomic mass is 32.2. The van der Waals surface area contributed by atoms with Crippen molar-refractivity contribution in [2.75, 3.05) is 31.6 Å². The molecule has 1 amide bonds. The molecule has 0 unspecified atom stereocenters. The Morgan fingerprint density at radius 2 is 1.54 bits per heavy atom. The molecule has 0 saturated carbocycles. The van der Waals surface area contributed by atoms with Crippen molar-refractivity contribution in [1.29, 1.82) is 0 Å². The summed E-state index contributed by atoms with van der Waals surface area (Å²) >= 11 is 0. The van der Waals surface area contributed by atoms with Gasteiger partial charge < -0.3 is 16.0 Å². The first-order valence-corrected chi connectivity index (χ1v) is 18.3. The molecule has 13 heteroatoms. The van der Waals surface area contributed by atoms with Gasteiger partial charge in [-0.3, -0.25) is 13.9 Å². The quantitative estimate of drug-likeness (QED) is 0.136. The summed E-state index contributed by atoms with van der Waals surface area (Å²) in [6.45, 7) is 9.75. The van der Waals surface area contributed by atoms with E-state index in [9.17, 15) is 30.7 Å². The first kappa shape index (κ1) is 35.5. The highest BCUT2D eigenvalue weighted by molar-refractivity contribution is 7.86. The van der Waals surface area contributed by atoms with Crippen molar-refractivity contribution in [3.63, 3.8) is 0 Å². The molecule has 0 atom stereocenters. The van der Waals surface area contributed by atoms with Crippen LogP contribution in [0.15, 0.2) is 70.1 Å². The largest absolute Gasteiger partial charge is 0.356 e. The molecule has 0 radical (unpaired) electrons. The molecule has 5 N–H and O–H groups in total. The molecule has 2 aliphatic heterocycles. The average Bonchev–Trinajstić information content (AvgIpc) is 3.29. The molecule has 0 aliphatic carbocycles. The van der Waals surface area contributed by atoms with E-state index in [0.717, 1.165) is 59.6 Å². The van der Waals surface area contributed by atoms with E-state index in [-0.39, 0.29) is 15.7 Å². The lowest BCUT2D eigenvalue weighted by Crippen LogP contribution is -2.28. The number of rotatable bonds is 13. The molecule has 2 aromatic rings. The number of nitrogens with zero attached hydrogens (tertiary/aromatic N) is 2. The van der Waals surface area contributed by atoms with Crippen LogP contribution in [0.5, 0.6) is 0 Å². The van der Waals surface area contributed by atoms with Gasteiger partial charge >= 0.3 is 0 Å². The zero-order chi connectivity index (χ0) is 34.1. The number of carbonyl (C=O) groups excluding carboxylic acids is 1. The van der Waals surface area contributed by atoms with Gasteiger partial charge in [-0.05, 0) is 81.6 Å². The third-order valence-corrected chi connectivity index (χ3v) is 10.7. The fourth-order valence-electron chi connectivity index (χ4n) is 6.41. The second-order valence-electron chi connectivity index (χ2n) is 12.9. The standard InChI is InChI=1S/C33H44N4O7S2/c1-32(2)25-21-23(45(39,40)41)14-16-27(25)36(5)29(32)11-9-12-30-33(3,4)26-22-24(46(42,43)44)15-17-28(26)37(30)20-8-6-7-13-31(38)35-19-10-18-34/h9,11-12,14-17,21-22H,6-8,10,13,18-20,34H2,1-5H3,(H2-,35,38,39,40,41,42,43,44)/p+1. The second kappa shape index (κ2) is 13.4. The third kappa shape index (κ3) is 7.28. The monoisotopic (exact) mass is 673 g/mol. The van der Waals surface area contributed by atoms with E-state index < -0.39 is 31.1 Å². The molecule has 0 saturated heterocycles. The maximum atomic E-state index is 12.1. The number of carbonyl (C=O) groups is 1. The first-order valence-electron chi connectivity index (χ1n) is 15.4. The summed E-state index contributed by atoms with van der Waals surface area (Å²) in [4.78, 5) is 13.9. The van der Waals surface area contributed by atoms with E-state index in [0.29, 0.717) is 26.1 Å². The van der Waals surface area contributed by atoms with E-state index >= 15 is 0 Å². The van der Waals surface area contributed by atoms with Crippen LogP contribution in [0.2, 0.25) is 0 Å². The molecule has 11 nitrogen and oxygen atoms in total. The number of nitrogens with one attached hydrogen (secondary N) is 1. The van der Waals surface area contributed by atoms with Gasteiger partial charge in [0.15, 0.2) is 5.71 Å². The van der Waals surface area contributed by atoms with Crippen LogP contribution < -0.4 is 16.0 Å². The maximum absolute atomic E-state index is 12.1. The van der Waals surface area contributed by atoms with Crippen molar-refractivity contribution in [2.45, 2.75) is 80.4 Å². The lowest BCUT2D eigenvalue weighted by Gasteiger charge is -2.27. The summed E-state index contributed by atoms with van der Waals surface area (Å²) in [6.07, 6.45) is 9.45. The molecule has 0 bridgehead atoms. The van der Waals surface area contributed by atoms with Crippen molar-refractivity contribution in [1.82, 2.24) is 5.32 Å². The third-order valence-electron chi connectivity index (χ3n) is 8.96. The Kier molecular flexibility index (Phi) is 10.3. The van der Waals surface area contributed by atoms with Gasteiger partial charge in [0.25, 0.3) is 20.2 Å². The number of amides is 1. The zero-order valence-corrected chi connectivity index (χ0v) is 28.7. The van der Waals surface area contributed by atoms with Crippen molar-refractivity contribution in [3.05, 3.63) is 71.5 Å². The second-order valence-corrected chi connectivity index (χ2v) is 15.7. The molecule has 2 aromatic carbocycles. The summed E-state index contributed by atoms with van der Waals surface area (Å²) < 4.78 is 69.0. The van der Waals surface area contributed by atoms with Gasteiger partial charge in [-0.25, -0.2) is 0 Å². The number of anilines is 1. The van der Waals surface area contributed by atoms with Crippen molar-refractivity contribution >= 4 is 43.2 Å².